The number of aryl methyl sites for hydroxylation is 1. The Morgan fingerprint density at radius 3 is 2.77 bits per heavy atom. The fraction of sp³-hybridized carbons (Fsp3) is 0.167. The van der Waals surface area contributed by atoms with E-state index in [1.165, 1.54) is 0 Å². The molecule has 2 N–H and O–H groups in total. The lowest BCUT2D eigenvalue weighted by Gasteiger charge is -2.08. The predicted octanol–water partition coefficient (Wildman–Crippen LogP) is 3.79. The Morgan fingerprint density at radius 1 is 1.27 bits per heavy atom. The van der Waals surface area contributed by atoms with Crippen molar-refractivity contribution in [3.05, 3.63) is 54.6 Å². The number of fused-ring (bicyclic) bond motifs is 1. The van der Waals surface area contributed by atoms with Crippen molar-refractivity contribution < 1.29 is 4.74 Å². The number of anilines is 1. The summed E-state index contributed by atoms with van der Waals surface area (Å²) in [5, 5.41) is 0. The lowest BCUT2D eigenvalue weighted by molar-refractivity contribution is 0.415. The standard InChI is InChI=1S/C18H19N3O/c1-4-9-21-17-8-7-14(22-3)11-16(17)20-18(21)13-6-5-12(2)15(19)10-13/h4-8,10-11H,1,9,19H2,2-3H3. The van der Waals surface area contributed by atoms with Gasteiger partial charge in [0, 0.05) is 23.9 Å². The SMILES string of the molecule is C=CCn1c(-c2ccc(C)c(N)c2)nc2cc(OC)ccc21. The number of imidazole rings is 1. The number of rotatable bonds is 4. The number of benzene rings is 2. The summed E-state index contributed by atoms with van der Waals surface area (Å²) in [6.07, 6.45) is 1.87. The number of hydrogen-bond donors (Lipinski definition) is 1. The maximum absolute atomic E-state index is 6.04. The highest BCUT2D eigenvalue weighted by Crippen LogP contribution is 2.29. The van der Waals surface area contributed by atoms with E-state index in [4.69, 9.17) is 15.5 Å². The van der Waals surface area contributed by atoms with Gasteiger partial charge in [0.05, 0.1) is 18.1 Å². The Balaban J connectivity index is 2.24. The molecule has 0 amide bonds. The minimum absolute atomic E-state index is 0.686. The van der Waals surface area contributed by atoms with Gasteiger partial charge in [0.25, 0.3) is 0 Å². The summed E-state index contributed by atoms with van der Waals surface area (Å²) in [7, 11) is 1.66. The highest BCUT2D eigenvalue weighted by atomic mass is 16.5. The summed E-state index contributed by atoms with van der Waals surface area (Å²) in [4.78, 5) is 4.76. The zero-order chi connectivity index (χ0) is 15.7. The van der Waals surface area contributed by atoms with Crippen LogP contribution in [-0.4, -0.2) is 16.7 Å². The van der Waals surface area contributed by atoms with Gasteiger partial charge in [-0.2, -0.15) is 0 Å². The van der Waals surface area contributed by atoms with Gasteiger partial charge < -0.3 is 15.0 Å². The maximum Gasteiger partial charge on any atom is 0.141 e. The van der Waals surface area contributed by atoms with Gasteiger partial charge in [0.2, 0.25) is 0 Å². The molecule has 22 heavy (non-hydrogen) atoms. The zero-order valence-corrected chi connectivity index (χ0v) is 12.8. The molecule has 112 valence electrons. The number of nitrogens with two attached hydrogens (primary N) is 1. The van der Waals surface area contributed by atoms with Gasteiger partial charge >= 0.3 is 0 Å². The number of methoxy groups -OCH3 is 1. The normalized spacial score (nSPS) is 10.8. The first kappa shape index (κ1) is 14.2. The average molecular weight is 293 g/mol. The Hall–Kier alpha value is -2.75. The lowest BCUT2D eigenvalue weighted by atomic mass is 10.1. The number of aromatic nitrogens is 2. The number of nitrogen functional groups attached to an aromatic ring is 1. The Bertz CT molecular complexity index is 849. The van der Waals surface area contributed by atoms with Gasteiger partial charge in [0.15, 0.2) is 0 Å². The summed E-state index contributed by atoms with van der Waals surface area (Å²) >= 11 is 0. The van der Waals surface area contributed by atoms with Crippen molar-refractivity contribution in [3.8, 4) is 17.1 Å². The van der Waals surface area contributed by atoms with Gasteiger partial charge in [-0.25, -0.2) is 4.98 Å². The summed E-state index contributed by atoms with van der Waals surface area (Å²) in [6.45, 7) is 6.53. The van der Waals surface area contributed by atoms with Crippen LogP contribution in [0.3, 0.4) is 0 Å². The van der Waals surface area contributed by atoms with Gasteiger partial charge in [-0.15, -0.1) is 6.58 Å². The van der Waals surface area contributed by atoms with E-state index < -0.39 is 0 Å². The minimum atomic E-state index is 0.686. The third kappa shape index (κ3) is 2.33. The van der Waals surface area contributed by atoms with Gasteiger partial charge in [-0.3, -0.25) is 0 Å². The van der Waals surface area contributed by atoms with Crippen LogP contribution in [0, 0.1) is 6.92 Å². The van der Waals surface area contributed by atoms with Crippen LogP contribution in [0.25, 0.3) is 22.4 Å². The summed E-state index contributed by atoms with van der Waals surface area (Å²) in [5.74, 6) is 1.68. The zero-order valence-electron chi connectivity index (χ0n) is 12.8. The number of allylic oxidation sites excluding steroid dienone is 1. The lowest BCUT2D eigenvalue weighted by Crippen LogP contribution is -1.99. The molecular weight excluding hydrogens is 274 g/mol. The number of hydrogen-bond acceptors (Lipinski definition) is 3. The summed E-state index contributed by atoms with van der Waals surface area (Å²) in [5.41, 5.74) is 10.8. The molecule has 3 aromatic rings. The van der Waals surface area contributed by atoms with Crippen LogP contribution in [0.5, 0.6) is 5.75 Å². The molecular formula is C18H19N3O. The largest absolute Gasteiger partial charge is 0.497 e. The van der Waals surface area contributed by atoms with Crippen molar-refractivity contribution in [2.24, 2.45) is 0 Å². The van der Waals surface area contributed by atoms with Crippen LogP contribution >= 0.6 is 0 Å². The molecule has 0 saturated carbocycles. The van der Waals surface area contributed by atoms with E-state index in [9.17, 15) is 0 Å². The molecule has 3 rings (SSSR count). The predicted molar refractivity (Wildman–Crippen MR) is 91.1 cm³/mol. The third-order valence-corrected chi connectivity index (χ3v) is 3.80. The molecule has 0 radical (unpaired) electrons. The van der Waals surface area contributed by atoms with Crippen LogP contribution in [0.1, 0.15) is 5.56 Å². The third-order valence-electron chi connectivity index (χ3n) is 3.80. The molecule has 1 aromatic heterocycles. The first-order chi connectivity index (χ1) is 10.6. The van der Waals surface area contributed by atoms with Crippen LogP contribution in [0.2, 0.25) is 0 Å². The quantitative estimate of drug-likeness (QED) is 0.588. The second-order valence-electron chi connectivity index (χ2n) is 5.26. The molecule has 0 saturated heterocycles. The average Bonchev–Trinajstić information content (AvgIpc) is 2.88. The molecule has 1 heterocycles. The fourth-order valence-corrected chi connectivity index (χ4v) is 2.55. The van der Waals surface area contributed by atoms with Crippen LogP contribution in [-0.2, 0) is 6.54 Å². The maximum atomic E-state index is 6.04. The Morgan fingerprint density at radius 2 is 2.09 bits per heavy atom. The van der Waals surface area contributed by atoms with E-state index in [2.05, 4.69) is 11.1 Å². The van der Waals surface area contributed by atoms with E-state index in [1.54, 1.807) is 7.11 Å². The van der Waals surface area contributed by atoms with Crippen molar-refractivity contribution in [2.75, 3.05) is 12.8 Å². The second-order valence-corrected chi connectivity index (χ2v) is 5.26. The summed E-state index contributed by atoms with van der Waals surface area (Å²) < 4.78 is 7.41. The molecule has 0 bridgehead atoms. The molecule has 2 aromatic carbocycles. The van der Waals surface area contributed by atoms with E-state index in [0.29, 0.717) is 6.54 Å². The molecule has 4 nitrogen and oxygen atoms in total. The van der Waals surface area contributed by atoms with E-state index in [-0.39, 0.29) is 0 Å². The molecule has 4 heteroatoms. The second kappa shape index (κ2) is 5.56. The molecule has 0 unspecified atom stereocenters. The van der Waals surface area contributed by atoms with Crippen LogP contribution in [0.4, 0.5) is 5.69 Å². The molecule has 0 aliphatic rings. The Kier molecular flexibility index (Phi) is 3.59. The van der Waals surface area contributed by atoms with Gasteiger partial charge in [-0.05, 0) is 30.7 Å². The molecule has 0 aliphatic carbocycles. The molecule has 0 spiro atoms. The summed E-state index contributed by atoms with van der Waals surface area (Å²) in [6, 6.07) is 11.9. The number of ether oxygens (including phenoxy) is 1. The van der Waals surface area contributed by atoms with Crippen molar-refractivity contribution >= 4 is 16.7 Å². The highest BCUT2D eigenvalue weighted by Gasteiger charge is 2.13. The van der Waals surface area contributed by atoms with Crippen molar-refractivity contribution in [1.29, 1.82) is 0 Å². The van der Waals surface area contributed by atoms with E-state index >= 15 is 0 Å². The number of nitrogens with zero attached hydrogens (tertiary/aromatic N) is 2. The molecule has 0 fully saturated rings. The smallest absolute Gasteiger partial charge is 0.141 e. The van der Waals surface area contributed by atoms with Crippen LogP contribution < -0.4 is 10.5 Å². The monoisotopic (exact) mass is 293 g/mol. The van der Waals surface area contributed by atoms with E-state index in [1.807, 2.05) is 49.4 Å². The van der Waals surface area contributed by atoms with Crippen molar-refractivity contribution in [2.45, 2.75) is 13.5 Å². The fourth-order valence-electron chi connectivity index (χ4n) is 2.55. The minimum Gasteiger partial charge on any atom is -0.497 e. The van der Waals surface area contributed by atoms with Crippen molar-refractivity contribution in [3.63, 3.8) is 0 Å². The van der Waals surface area contributed by atoms with Gasteiger partial charge in [0.1, 0.15) is 11.6 Å². The topological polar surface area (TPSA) is 53.1 Å². The van der Waals surface area contributed by atoms with E-state index in [0.717, 1.165) is 39.4 Å². The Labute approximate surface area is 129 Å². The first-order valence-corrected chi connectivity index (χ1v) is 7.15. The van der Waals surface area contributed by atoms with Crippen molar-refractivity contribution in [1.82, 2.24) is 9.55 Å². The van der Waals surface area contributed by atoms with Gasteiger partial charge in [-0.1, -0.05) is 18.2 Å². The molecule has 0 aliphatic heterocycles. The highest BCUT2D eigenvalue weighted by molar-refractivity contribution is 5.82. The first-order valence-electron chi connectivity index (χ1n) is 7.15. The molecule has 0 atom stereocenters. The van der Waals surface area contributed by atoms with Crippen LogP contribution in [0.15, 0.2) is 49.1 Å².